The Balaban J connectivity index is -0.00000000103. The summed E-state index contributed by atoms with van der Waals surface area (Å²) >= 11 is 0. The van der Waals surface area contributed by atoms with E-state index >= 15 is 0 Å². The molecule has 132 valence electrons. The van der Waals surface area contributed by atoms with Gasteiger partial charge in [-0.3, -0.25) is 0 Å². The summed E-state index contributed by atoms with van der Waals surface area (Å²) in [6.07, 6.45) is 0. The summed E-state index contributed by atoms with van der Waals surface area (Å²) in [4.78, 5) is 21.6. The molecule has 0 unspecified atom stereocenters. The van der Waals surface area contributed by atoms with Gasteiger partial charge in [0.1, 0.15) is 0 Å². The average molecular weight is 356 g/mol. The van der Waals surface area contributed by atoms with E-state index in [0.717, 1.165) is 0 Å². The van der Waals surface area contributed by atoms with Gasteiger partial charge in [0.05, 0.1) is 0 Å². The molecule has 18 heavy (non-hydrogen) atoms. The van der Waals surface area contributed by atoms with Crippen molar-refractivity contribution in [3.63, 3.8) is 0 Å². The van der Waals surface area contributed by atoms with Crippen molar-refractivity contribution in [3.05, 3.63) is 0 Å². The second-order valence-electron chi connectivity index (χ2n) is 0.513. The van der Waals surface area contributed by atoms with Gasteiger partial charge in [0.2, 0.25) is 0 Å². The minimum atomic E-state index is -4.64. The summed E-state index contributed by atoms with van der Waals surface area (Å²) in [5.74, 6) is 0. The molecule has 0 rings (SSSR count). The number of hydrogen-bond donors (Lipinski definition) is 3. The van der Waals surface area contributed by atoms with Crippen molar-refractivity contribution in [3.8, 4) is 0 Å². The van der Waals surface area contributed by atoms with Crippen molar-refractivity contribution < 1.29 is 85.0 Å². The Morgan fingerprint density at radius 2 is 0.444 bits per heavy atom. The average Bonchev–Trinajstić information content (AvgIpc) is 0.722. The van der Waals surface area contributed by atoms with Crippen molar-refractivity contribution >= 4 is 45.6 Å². The zero-order valence-corrected chi connectivity index (χ0v) is 9.09. The fraction of sp³-hybridized carbons (Fsp3) is 0. The molecule has 0 amide bonds. The van der Waals surface area contributed by atoms with Crippen molar-refractivity contribution in [1.29, 1.82) is 0 Å². The molecule has 0 spiro atoms. The van der Waals surface area contributed by atoms with Crippen molar-refractivity contribution in [1.82, 2.24) is 0 Å². The topological polar surface area (TPSA) is 456 Å². The van der Waals surface area contributed by atoms with Gasteiger partial charge in [-0.1, -0.05) is 0 Å². The maximum absolute atomic E-state index is 8.88. The SMILES string of the molecule is O.O.O.O.O.O.O.O.O.O.O.O.O=P(O)(O)O.[CaH2]. The third-order valence-corrected chi connectivity index (χ3v) is 0. The third-order valence-electron chi connectivity index (χ3n) is 0. The van der Waals surface area contributed by atoms with E-state index in [0.29, 0.717) is 0 Å². The molecule has 0 bridgehead atoms. The zero-order chi connectivity index (χ0) is 4.50. The zero-order valence-electron chi connectivity index (χ0n) is 8.20. The van der Waals surface area contributed by atoms with Gasteiger partial charge in [-0.25, -0.2) is 4.57 Å². The van der Waals surface area contributed by atoms with E-state index in [9.17, 15) is 0 Å². The quantitative estimate of drug-likeness (QED) is 0.280. The molecule has 0 atom stereocenters. The molecule has 0 saturated heterocycles. The molecule has 0 fully saturated rings. The first-order valence-corrected chi connectivity index (χ1v) is 2.35. The predicted octanol–water partition coefficient (Wildman–Crippen LogP) is -11.7. The van der Waals surface area contributed by atoms with Gasteiger partial charge in [-0.05, 0) is 0 Å². The Kier molecular flexibility index (Phi) is 1510. The van der Waals surface area contributed by atoms with Crippen LogP contribution in [0.5, 0.6) is 0 Å². The molecule has 0 aliphatic carbocycles. The van der Waals surface area contributed by atoms with Gasteiger partial charge >= 0.3 is 45.6 Å². The van der Waals surface area contributed by atoms with Gasteiger partial charge in [0.15, 0.2) is 0 Å². The normalized spacial score (nSPS) is 3.28. The maximum atomic E-state index is 8.88. The Morgan fingerprint density at radius 1 is 0.444 bits per heavy atom. The van der Waals surface area contributed by atoms with Crippen LogP contribution in [-0.4, -0.2) is 118 Å². The molecular formula is H29CaO16P. The Bertz CT molecular complexity index is 57.2. The molecule has 27 N–H and O–H groups in total. The predicted molar refractivity (Wildman–Crippen MR) is 66.2 cm³/mol. The van der Waals surface area contributed by atoms with Crippen molar-refractivity contribution in [2.45, 2.75) is 0 Å². The standard InChI is InChI=1S/Ca.H3O4P.12H2O.2H/c;1-5(2,3)4;;;;;;;;;;;;;;/h;(H3,1,2,3,4);12*1H2;;. The third kappa shape index (κ3) is 5390. The Morgan fingerprint density at radius 3 is 0.444 bits per heavy atom. The van der Waals surface area contributed by atoms with Crippen LogP contribution in [0.2, 0.25) is 0 Å². The van der Waals surface area contributed by atoms with Crippen molar-refractivity contribution in [2.24, 2.45) is 0 Å². The summed E-state index contributed by atoms with van der Waals surface area (Å²) in [6.45, 7) is 0. The van der Waals surface area contributed by atoms with E-state index in [1.54, 1.807) is 0 Å². The molecule has 16 nitrogen and oxygen atoms in total. The van der Waals surface area contributed by atoms with Gasteiger partial charge in [-0.2, -0.15) is 0 Å². The molecule has 0 aromatic carbocycles. The monoisotopic (exact) mass is 356 g/mol. The van der Waals surface area contributed by atoms with Crippen molar-refractivity contribution in [2.75, 3.05) is 0 Å². The second-order valence-corrected chi connectivity index (χ2v) is 1.54. The fourth-order valence-corrected chi connectivity index (χ4v) is 0. The summed E-state index contributed by atoms with van der Waals surface area (Å²) in [7, 11) is -4.64. The first kappa shape index (κ1) is 253. The summed E-state index contributed by atoms with van der Waals surface area (Å²) in [5.41, 5.74) is 0. The van der Waals surface area contributed by atoms with Crippen LogP contribution in [0.4, 0.5) is 0 Å². The summed E-state index contributed by atoms with van der Waals surface area (Å²) < 4.78 is 8.88. The molecule has 0 aromatic heterocycles. The minimum absolute atomic E-state index is 0. The van der Waals surface area contributed by atoms with Gasteiger partial charge in [-0.15, -0.1) is 0 Å². The molecule has 0 saturated carbocycles. The van der Waals surface area contributed by atoms with Gasteiger partial charge < -0.3 is 80.4 Å². The van der Waals surface area contributed by atoms with Crippen LogP contribution < -0.4 is 0 Å². The van der Waals surface area contributed by atoms with Crippen LogP contribution in [0.25, 0.3) is 0 Å². The summed E-state index contributed by atoms with van der Waals surface area (Å²) in [6, 6.07) is 0. The molecule has 0 radical (unpaired) electrons. The van der Waals surface area contributed by atoms with E-state index in [-0.39, 0.29) is 103 Å². The Labute approximate surface area is 130 Å². The van der Waals surface area contributed by atoms with E-state index in [1.807, 2.05) is 0 Å². The Hall–Kier alpha value is 0.890. The molecule has 0 heterocycles. The first-order chi connectivity index (χ1) is 2.00. The van der Waals surface area contributed by atoms with Crippen LogP contribution in [0, 0.1) is 0 Å². The van der Waals surface area contributed by atoms with E-state index in [1.165, 1.54) is 0 Å². The molecule has 0 aliphatic heterocycles. The molecule has 0 aromatic rings. The molecule has 0 aliphatic rings. The first-order valence-electron chi connectivity index (χ1n) is 0.783. The molecular weight excluding hydrogens is 327 g/mol. The number of phosphoric acid groups is 1. The van der Waals surface area contributed by atoms with E-state index < -0.39 is 7.82 Å². The number of hydrogen-bond acceptors (Lipinski definition) is 1. The second kappa shape index (κ2) is 108. The van der Waals surface area contributed by atoms with Gasteiger partial charge in [0, 0.05) is 0 Å². The van der Waals surface area contributed by atoms with Crippen LogP contribution in [0.3, 0.4) is 0 Å². The van der Waals surface area contributed by atoms with E-state index in [2.05, 4.69) is 0 Å². The van der Waals surface area contributed by atoms with Crippen LogP contribution in [-0.2, 0) is 4.57 Å². The molecule has 18 heteroatoms. The van der Waals surface area contributed by atoms with Crippen LogP contribution >= 0.6 is 7.82 Å². The van der Waals surface area contributed by atoms with Crippen LogP contribution in [0.15, 0.2) is 0 Å². The van der Waals surface area contributed by atoms with Crippen LogP contribution in [0.1, 0.15) is 0 Å². The number of rotatable bonds is 0. The van der Waals surface area contributed by atoms with Gasteiger partial charge in [0.25, 0.3) is 0 Å². The van der Waals surface area contributed by atoms with E-state index in [4.69, 9.17) is 19.2 Å². The fourth-order valence-electron chi connectivity index (χ4n) is 0. The summed E-state index contributed by atoms with van der Waals surface area (Å²) in [5, 5.41) is 0.